The van der Waals surface area contributed by atoms with Gasteiger partial charge in [0.25, 0.3) is 0 Å². The average molecular weight is 308 g/mol. The first-order valence-electron chi connectivity index (χ1n) is 10.4. The standard InChI is InChI=1S/C22H43/c1-3-5-7-9-11-13-15-17-19-21-22-20-18-16-14-12-10-8-6-4-2/h18,20H,1,3-17,19,21-22H2,2H3/b20-18-. The Morgan fingerprint density at radius 1 is 0.500 bits per heavy atom. The van der Waals surface area contributed by atoms with Crippen molar-refractivity contribution in [3.8, 4) is 0 Å². The van der Waals surface area contributed by atoms with E-state index in [1.54, 1.807) is 0 Å². The van der Waals surface area contributed by atoms with Crippen LogP contribution in [0.2, 0.25) is 0 Å². The number of hydrogen-bond acceptors (Lipinski definition) is 0. The summed E-state index contributed by atoms with van der Waals surface area (Å²) >= 11 is 0. The van der Waals surface area contributed by atoms with Crippen molar-refractivity contribution in [2.24, 2.45) is 0 Å². The maximum atomic E-state index is 3.89. The molecule has 0 N–H and O–H groups in total. The first kappa shape index (κ1) is 21.7. The average Bonchev–Trinajstić information content (AvgIpc) is 2.54. The second-order valence-corrected chi connectivity index (χ2v) is 6.85. The molecule has 0 fully saturated rings. The van der Waals surface area contributed by atoms with E-state index < -0.39 is 0 Å². The number of hydrogen-bond donors (Lipinski definition) is 0. The lowest BCUT2D eigenvalue weighted by atomic mass is 10.1. The van der Waals surface area contributed by atoms with Gasteiger partial charge in [-0.1, -0.05) is 116 Å². The van der Waals surface area contributed by atoms with Crippen LogP contribution < -0.4 is 0 Å². The van der Waals surface area contributed by atoms with Gasteiger partial charge in [0.15, 0.2) is 0 Å². The summed E-state index contributed by atoms with van der Waals surface area (Å²) in [7, 11) is 0. The third-order valence-corrected chi connectivity index (χ3v) is 4.51. The first-order valence-corrected chi connectivity index (χ1v) is 10.4. The van der Waals surface area contributed by atoms with Crippen molar-refractivity contribution in [1.29, 1.82) is 0 Å². The first-order chi connectivity index (χ1) is 10.9. The zero-order chi connectivity index (χ0) is 16.1. The van der Waals surface area contributed by atoms with E-state index in [2.05, 4.69) is 26.0 Å². The van der Waals surface area contributed by atoms with Crippen molar-refractivity contribution in [2.75, 3.05) is 0 Å². The molecule has 0 heterocycles. The molecular weight excluding hydrogens is 264 g/mol. The summed E-state index contributed by atoms with van der Waals surface area (Å²) in [5.74, 6) is 0. The molecule has 0 bridgehead atoms. The minimum Gasteiger partial charge on any atom is -0.0885 e. The van der Waals surface area contributed by atoms with Crippen molar-refractivity contribution in [1.82, 2.24) is 0 Å². The van der Waals surface area contributed by atoms with E-state index >= 15 is 0 Å². The van der Waals surface area contributed by atoms with E-state index in [1.165, 1.54) is 109 Å². The van der Waals surface area contributed by atoms with E-state index in [0.29, 0.717) is 0 Å². The predicted octanol–water partition coefficient (Wildman–Crippen LogP) is 8.42. The summed E-state index contributed by atoms with van der Waals surface area (Å²) in [6.45, 7) is 6.18. The molecule has 131 valence electrons. The van der Waals surface area contributed by atoms with E-state index in [9.17, 15) is 0 Å². The molecule has 0 aliphatic rings. The Bertz CT molecular complexity index is 204. The maximum absolute atomic E-state index is 3.89. The summed E-state index contributed by atoms with van der Waals surface area (Å²) in [5.41, 5.74) is 0. The van der Waals surface area contributed by atoms with Gasteiger partial charge in [0, 0.05) is 0 Å². The molecule has 0 aromatic rings. The van der Waals surface area contributed by atoms with Crippen LogP contribution in [0.25, 0.3) is 0 Å². The molecule has 0 spiro atoms. The van der Waals surface area contributed by atoms with Crippen LogP contribution in [0.4, 0.5) is 0 Å². The lowest BCUT2D eigenvalue weighted by molar-refractivity contribution is 0.561. The highest BCUT2D eigenvalue weighted by atomic mass is 14.0. The highest BCUT2D eigenvalue weighted by Gasteiger charge is 1.92. The molecule has 0 saturated carbocycles. The smallest absolute Gasteiger partial charge is 0.0351 e. The van der Waals surface area contributed by atoms with Gasteiger partial charge in [0.2, 0.25) is 0 Å². The summed E-state index contributed by atoms with van der Waals surface area (Å²) in [6, 6.07) is 0. The van der Waals surface area contributed by atoms with Crippen LogP contribution in [0, 0.1) is 6.92 Å². The van der Waals surface area contributed by atoms with Crippen LogP contribution >= 0.6 is 0 Å². The van der Waals surface area contributed by atoms with Gasteiger partial charge in [0.05, 0.1) is 0 Å². The molecule has 0 amide bonds. The highest BCUT2D eigenvalue weighted by Crippen LogP contribution is 2.12. The molecule has 0 saturated heterocycles. The van der Waals surface area contributed by atoms with Gasteiger partial charge in [-0.05, 0) is 25.7 Å². The van der Waals surface area contributed by atoms with Crippen LogP contribution in [0.15, 0.2) is 12.2 Å². The molecule has 0 unspecified atom stereocenters. The topological polar surface area (TPSA) is 0 Å². The van der Waals surface area contributed by atoms with Crippen molar-refractivity contribution in [3.63, 3.8) is 0 Å². The SMILES string of the molecule is [CH2]CCCCCCCCCCC/C=C\CCCCCCCC. The normalized spacial score (nSPS) is 11.5. The fourth-order valence-electron chi connectivity index (χ4n) is 2.95. The third-order valence-electron chi connectivity index (χ3n) is 4.51. The summed E-state index contributed by atoms with van der Waals surface area (Å²) in [4.78, 5) is 0. The van der Waals surface area contributed by atoms with Gasteiger partial charge in [-0.15, -0.1) is 0 Å². The Balaban J connectivity index is 3.02. The molecule has 0 rings (SSSR count). The summed E-state index contributed by atoms with van der Waals surface area (Å²) in [6.07, 6.45) is 29.8. The minimum absolute atomic E-state index is 1.12. The van der Waals surface area contributed by atoms with Gasteiger partial charge in [-0.25, -0.2) is 0 Å². The Hall–Kier alpha value is -0.260. The zero-order valence-electron chi connectivity index (χ0n) is 15.6. The Morgan fingerprint density at radius 3 is 1.27 bits per heavy atom. The third kappa shape index (κ3) is 19.7. The van der Waals surface area contributed by atoms with Gasteiger partial charge in [0.1, 0.15) is 0 Å². The summed E-state index contributed by atoms with van der Waals surface area (Å²) < 4.78 is 0. The van der Waals surface area contributed by atoms with E-state index in [-0.39, 0.29) is 0 Å². The monoisotopic (exact) mass is 307 g/mol. The van der Waals surface area contributed by atoms with Crippen LogP contribution in [0.3, 0.4) is 0 Å². The lowest BCUT2D eigenvalue weighted by Gasteiger charge is -2.01. The van der Waals surface area contributed by atoms with Gasteiger partial charge < -0.3 is 0 Å². The molecule has 0 aromatic heterocycles. The molecule has 0 aromatic carbocycles. The molecule has 0 aliphatic heterocycles. The van der Waals surface area contributed by atoms with Crippen LogP contribution in [0.1, 0.15) is 122 Å². The van der Waals surface area contributed by atoms with Crippen molar-refractivity contribution in [3.05, 3.63) is 19.1 Å². The van der Waals surface area contributed by atoms with E-state index in [4.69, 9.17) is 0 Å². The Kier molecular flexibility index (Phi) is 20.5. The largest absolute Gasteiger partial charge is 0.0885 e. The van der Waals surface area contributed by atoms with Gasteiger partial charge in [-0.2, -0.15) is 0 Å². The van der Waals surface area contributed by atoms with Crippen molar-refractivity contribution >= 4 is 0 Å². The molecular formula is C22H43. The molecule has 0 atom stereocenters. The lowest BCUT2D eigenvalue weighted by Crippen LogP contribution is -1.81. The van der Waals surface area contributed by atoms with Gasteiger partial charge in [-0.3, -0.25) is 0 Å². The molecule has 1 radical (unpaired) electrons. The Morgan fingerprint density at radius 2 is 0.864 bits per heavy atom. The molecule has 0 heteroatoms. The molecule has 0 nitrogen and oxygen atoms in total. The van der Waals surface area contributed by atoms with Crippen molar-refractivity contribution < 1.29 is 0 Å². The quantitative estimate of drug-likeness (QED) is 0.176. The van der Waals surface area contributed by atoms with Crippen LogP contribution in [0.5, 0.6) is 0 Å². The maximum Gasteiger partial charge on any atom is -0.0351 e. The summed E-state index contributed by atoms with van der Waals surface area (Å²) in [5, 5.41) is 0. The number of unbranched alkanes of at least 4 members (excludes halogenated alkanes) is 16. The fourth-order valence-corrected chi connectivity index (χ4v) is 2.95. The minimum atomic E-state index is 1.12. The van der Waals surface area contributed by atoms with Crippen LogP contribution in [-0.2, 0) is 0 Å². The van der Waals surface area contributed by atoms with Crippen molar-refractivity contribution in [2.45, 2.75) is 122 Å². The predicted molar refractivity (Wildman–Crippen MR) is 103 cm³/mol. The molecule has 0 aliphatic carbocycles. The molecule has 22 heavy (non-hydrogen) atoms. The zero-order valence-corrected chi connectivity index (χ0v) is 15.6. The van der Waals surface area contributed by atoms with E-state index in [0.717, 1.165) is 6.42 Å². The fraction of sp³-hybridized carbons (Fsp3) is 0.864. The highest BCUT2D eigenvalue weighted by molar-refractivity contribution is 4.81. The Labute approximate surface area is 142 Å². The van der Waals surface area contributed by atoms with Crippen LogP contribution in [-0.4, -0.2) is 0 Å². The second-order valence-electron chi connectivity index (χ2n) is 6.85. The number of rotatable bonds is 18. The second kappa shape index (κ2) is 20.7. The number of allylic oxidation sites excluding steroid dienone is 2. The van der Waals surface area contributed by atoms with Gasteiger partial charge >= 0.3 is 0 Å². The van der Waals surface area contributed by atoms with E-state index in [1.807, 2.05) is 0 Å².